The Hall–Kier alpha value is -1.91. The van der Waals surface area contributed by atoms with Crippen LogP contribution < -0.4 is 5.32 Å². The number of benzene rings is 2. The fourth-order valence-corrected chi connectivity index (χ4v) is 2.93. The van der Waals surface area contributed by atoms with Crippen molar-refractivity contribution in [1.82, 2.24) is 10.2 Å². The molecule has 0 spiro atoms. The maximum Gasteiger partial charge on any atom is 0.254 e. The first-order valence-electron chi connectivity index (χ1n) is 7.49. The summed E-state index contributed by atoms with van der Waals surface area (Å²) in [6, 6.07) is 13.9. The molecule has 5 heteroatoms. The molecule has 3 nitrogen and oxygen atoms in total. The first kappa shape index (κ1) is 17.4. The van der Waals surface area contributed by atoms with Crippen LogP contribution in [0.5, 0.6) is 0 Å². The van der Waals surface area contributed by atoms with Crippen LogP contribution in [0, 0.1) is 12.7 Å². The molecular formula is C18H20ClFN2O. The van der Waals surface area contributed by atoms with Crippen molar-refractivity contribution in [2.24, 2.45) is 0 Å². The van der Waals surface area contributed by atoms with Crippen molar-refractivity contribution in [2.45, 2.75) is 13.0 Å². The van der Waals surface area contributed by atoms with E-state index in [4.69, 9.17) is 0 Å². The van der Waals surface area contributed by atoms with Gasteiger partial charge in [0.25, 0.3) is 5.91 Å². The SMILES string of the molecule is Cc1ccccc1C(=O)N1CCNCC1c1cccc(F)c1.Cl. The Balaban J connectivity index is 0.00000192. The second-order valence-corrected chi connectivity index (χ2v) is 5.59. The summed E-state index contributed by atoms with van der Waals surface area (Å²) in [5.74, 6) is -0.264. The largest absolute Gasteiger partial charge is 0.329 e. The van der Waals surface area contributed by atoms with Crippen molar-refractivity contribution >= 4 is 18.3 Å². The first-order valence-corrected chi connectivity index (χ1v) is 7.49. The van der Waals surface area contributed by atoms with Crippen LogP contribution in [0.25, 0.3) is 0 Å². The number of carbonyl (C=O) groups is 1. The highest BCUT2D eigenvalue weighted by molar-refractivity contribution is 5.96. The molecule has 1 atom stereocenters. The van der Waals surface area contributed by atoms with Gasteiger partial charge < -0.3 is 10.2 Å². The van der Waals surface area contributed by atoms with E-state index < -0.39 is 0 Å². The van der Waals surface area contributed by atoms with E-state index in [1.165, 1.54) is 12.1 Å². The molecule has 0 saturated carbocycles. The number of hydrogen-bond donors (Lipinski definition) is 1. The molecule has 2 aromatic carbocycles. The molecule has 23 heavy (non-hydrogen) atoms. The van der Waals surface area contributed by atoms with Crippen LogP contribution in [0.2, 0.25) is 0 Å². The molecule has 0 radical (unpaired) electrons. The summed E-state index contributed by atoms with van der Waals surface area (Å²) in [4.78, 5) is 14.7. The summed E-state index contributed by atoms with van der Waals surface area (Å²) in [5, 5.41) is 3.29. The van der Waals surface area contributed by atoms with Crippen LogP contribution in [-0.4, -0.2) is 30.4 Å². The van der Waals surface area contributed by atoms with E-state index in [-0.39, 0.29) is 30.2 Å². The first-order chi connectivity index (χ1) is 10.7. The molecular weight excluding hydrogens is 315 g/mol. The van der Waals surface area contributed by atoms with Gasteiger partial charge in [-0.3, -0.25) is 4.79 Å². The summed E-state index contributed by atoms with van der Waals surface area (Å²) in [7, 11) is 0. The highest BCUT2D eigenvalue weighted by Gasteiger charge is 2.29. The molecule has 1 saturated heterocycles. The highest BCUT2D eigenvalue weighted by Crippen LogP contribution is 2.25. The van der Waals surface area contributed by atoms with Crippen LogP contribution in [0.3, 0.4) is 0 Å². The summed E-state index contributed by atoms with van der Waals surface area (Å²) in [6.45, 7) is 3.95. The lowest BCUT2D eigenvalue weighted by atomic mass is 10.0. The molecule has 1 heterocycles. The highest BCUT2D eigenvalue weighted by atomic mass is 35.5. The predicted molar refractivity (Wildman–Crippen MR) is 91.5 cm³/mol. The fraction of sp³-hybridized carbons (Fsp3) is 0.278. The Bertz CT molecular complexity index is 692. The Morgan fingerprint density at radius 3 is 2.74 bits per heavy atom. The number of rotatable bonds is 2. The van der Waals surface area contributed by atoms with Gasteiger partial charge in [0.05, 0.1) is 6.04 Å². The number of piperazine rings is 1. The van der Waals surface area contributed by atoms with Gasteiger partial charge in [-0.15, -0.1) is 12.4 Å². The van der Waals surface area contributed by atoms with Crippen LogP contribution in [0.1, 0.15) is 27.5 Å². The van der Waals surface area contributed by atoms with Gasteiger partial charge in [-0.05, 0) is 36.2 Å². The van der Waals surface area contributed by atoms with Crippen molar-refractivity contribution in [3.8, 4) is 0 Å². The monoisotopic (exact) mass is 334 g/mol. The molecule has 1 N–H and O–H groups in total. The Labute approximate surface area is 141 Å². The summed E-state index contributed by atoms with van der Waals surface area (Å²) >= 11 is 0. The minimum absolute atomic E-state index is 0. The topological polar surface area (TPSA) is 32.3 Å². The van der Waals surface area contributed by atoms with Gasteiger partial charge in [0.15, 0.2) is 0 Å². The average molecular weight is 335 g/mol. The number of nitrogens with one attached hydrogen (secondary N) is 1. The van der Waals surface area contributed by atoms with E-state index in [9.17, 15) is 9.18 Å². The number of halogens is 2. The second-order valence-electron chi connectivity index (χ2n) is 5.59. The van der Waals surface area contributed by atoms with Gasteiger partial charge in [-0.2, -0.15) is 0 Å². The number of aryl methyl sites for hydroxylation is 1. The van der Waals surface area contributed by atoms with Crippen LogP contribution >= 0.6 is 12.4 Å². The smallest absolute Gasteiger partial charge is 0.254 e. The van der Waals surface area contributed by atoms with Crippen molar-refractivity contribution in [3.63, 3.8) is 0 Å². The average Bonchev–Trinajstić information content (AvgIpc) is 2.55. The molecule has 122 valence electrons. The van der Waals surface area contributed by atoms with Gasteiger partial charge in [0.2, 0.25) is 0 Å². The zero-order chi connectivity index (χ0) is 15.5. The third-order valence-corrected chi connectivity index (χ3v) is 4.11. The van der Waals surface area contributed by atoms with Crippen LogP contribution in [0.4, 0.5) is 4.39 Å². The summed E-state index contributed by atoms with van der Waals surface area (Å²) < 4.78 is 13.5. The molecule has 1 unspecified atom stereocenters. The zero-order valence-corrected chi connectivity index (χ0v) is 13.8. The fourth-order valence-electron chi connectivity index (χ4n) is 2.93. The predicted octanol–water partition coefficient (Wildman–Crippen LogP) is 3.34. The Morgan fingerprint density at radius 1 is 1.22 bits per heavy atom. The Morgan fingerprint density at radius 2 is 2.00 bits per heavy atom. The third-order valence-electron chi connectivity index (χ3n) is 4.11. The quantitative estimate of drug-likeness (QED) is 0.913. The molecule has 0 aromatic heterocycles. The van der Waals surface area contributed by atoms with Crippen molar-refractivity contribution in [1.29, 1.82) is 0 Å². The van der Waals surface area contributed by atoms with E-state index >= 15 is 0 Å². The number of carbonyl (C=O) groups excluding carboxylic acids is 1. The number of amides is 1. The maximum atomic E-state index is 13.5. The van der Waals surface area contributed by atoms with Crippen LogP contribution in [-0.2, 0) is 0 Å². The van der Waals surface area contributed by atoms with Gasteiger partial charge in [0, 0.05) is 25.2 Å². The lowest BCUT2D eigenvalue weighted by Gasteiger charge is -2.37. The third kappa shape index (κ3) is 3.71. The number of nitrogens with zero attached hydrogens (tertiary/aromatic N) is 1. The molecule has 2 aromatic rings. The van der Waals surface area contributed by atoms with E-state index in [2.05, 4.69) is 5.32 Å². The molecule has 0 aliphatic carbocycles. The second kappa shape index (κ2) is 7.57. The lowest BCUT2D eigenvalue weighted by Crippen LogP contribution is -2.48. The Kier molecular flexibility index (Phi) is 5.74. The van der Waals surface area contributed by atoms with Gasteiger partial charge >= 0.3 is 0 Å². The molecule has 3 rings (SSSR count). The van der Waals surface area contributed by atoms with Gasteiger partial charge in [-0.25, -0.2) is 4.39 Å². The van der Waals surface area contributed by atoms with E-state index in [0.717, 1.165) is 17.7 Å². The molecule has 1 aliphatic rings. The summed E-state index contributed by atoms with van der Waals surface area (Å²) in [5.41, 5.74) is 2.50. The number of hydrogen-bond acceptors (Lipinski definition) is 2. The zero-order valence-electron chi connectivity index (χ0n) is 13.0. The molecule has 0 bridgehead atoms. The van der Waals surface area contributed by atoms with Crippen LogP contribution in [0.15, 0.2) is 48.5 Å². The van der Waals surface area contributed by atoms with E-state index in [0.29, 0.717) is 18.7 Å². The summed E-state index contributed by atoms with van der Waals surface area (Å²) in [6.07, 6.45) is 0. The maximum absolute atomic E-state index is 13.5. The van der Waals surface area contributed by atoms with Gasteiger partial charge in [0.1, 0.15) is 5.82 Å². The van der Waals surface area contributed by atoms with Crippen molar-refractivity contribution in [3.05, 3.63) is 71.0 Å². The molecule has 1 fully saturated rings. The van der Waals surface area contributed by atoms with Crippen molar-refractivity contribution in [2.75, 3.05) is 19.6 Å². The lowest BCUT2D eigenvalue weighted by molar-refractivity contribution is 0.0633. The van der Waals surface area contributed by atoms with Crippen molar-refractivity contribution < 1.29 is 9.18 Å². The molecule has 1 amide bonds. The minimum Gasteiger partial charge on any atom is -0.329 e. The van der Waals surface area contributed by atoms with E-state index in [1.54, 1.807) is 6.07 Å². The standard InChI is InChI=1S/C18H19FN2O.ClH/c1-13-5-2-3-8-16(13)18(22)21-10-9-20-12-17(21)14-6-4-7-15(19)11-14;/h2-8,11,17,20H,9-10,12H2,1H3;1H. The normalized spacial score (nSPS) is 17.5. The minimum atomic E-state index is -0.272. The molecule has 1 aliphatic heterocycles. The van der Waals surface area contributed by atoms with Gasteiger partial charge in [-0.1, -0.05) is 30.3 Å². The van der Waals surface area contributed by atoms with E-state index in [1.807, 2.05) is 42.2 Å².